The van der Waals surface area contributed by atoms with E-state index in [-0.39, 0.29) is 17.7 Å². The second-order valence-electron chi connectivity index (χ2n) is 8.64. The Balaban J connectivity index is 1.44. The van der Waals surface area contributed by atoms with Gasteiger partial charge < -0.3 is 19.2 Å². The van der Waals surface area contributed by atoms with Crippen LogP contribution in [-0.2, 0) is 11.3 Å². The number of nitrogens with one attached hydrogen (secondary N) is 1. The number of aromatic amines is 1. The number of benzene rings is 1. The van der Waals surface area contributed by atoms with Crippen molar-refractivity contribution in [3.05, 3.63) is 39.9 Å². The van der Waals surface area contributed by atoms with E-state index in [1.807, 2.05) is 22.9 Å². The van der Waals surface area contributed by atoms with E-state index >= 15 is 0 Å². The summed E-state index contributed by atoms with van der Waals surface area (Å²) in [5.41, 5.74) is 1.22. The van der Waals surface area contributed by atoms with Gasteiger partial charge in [0.25, 0.3) is 5.56 Å². The van der Waals surface area contributed by atoms with Crippen molar-refractivity contribution in [3.8, 4) is 11.5 Å². The number of aromatic nitrogens is 5. The number of rotatable bonds is 5. The van der Waals surface area contributed by atoms with E-state index in [2.05, 4.69) is 25.4 Å². The minimum absolute atomic E-state index is 0.107. The van der Waals surface area contributed by atoms with Gasteiger partial charge in [0.05, 0.1) is 18.2 Å². The van der Waals surface area contributed by atoms with Gasteiger partial charge in [-0.2, -0.15) is 0 Å². The minimum atomic E-state index is -0.324. The Kier molecular flexibility index (Phi) is 5.03. The lowest BCUT2D eigenvalue weighted by Gasteiger charge is -2.27. The first-order valence-corrected chi connectivity index (χ1v) is 11.3. The summed E-state index contributed by atoms with van der Waals surface area (Å²) in [6, 6.07) is 5.39. The molecule has 32 heavy (non-hydrogen) atoms. The molecular formula is C22H26N6O4. The lowest BCUT2D eigenvalue weighted by atomic mass is 10.0. The van der Waals surface area contributed by atoms with Gasteiger partial charge in [0.15, 0.2) is 17.3 Å². The number of hydrogen-bond donors (Lipinski definition) is 1. The molecule has 0 saturated carbocycles. The van der Waals surface area contributed by atoms with Crippen molar-refractivity contribution in [1.29, 1.82) is 0 Å². The topological polar surface area (TPSA) is 107 Å². The summed E-state index contributed by atoms with van der Waals surface area (Å²) in [5.74, 6) is 2.04. The van der Waals surface area contributed by atoms with Crippen molar-refractivity contribution >= 4 is 10.9 Å². The van der Waals surface area contributed by atoms with Crippen molar-refractivity contribution in [2.45, 2.75) is 44.4 Å². The summed E-state index contributed by atoms with van der Waals surface area (Å²) >= 11 is 0. The summed E-state index contributed by atoms with van der Waals surface area (Å²) < 4.78 is 19.0. The molecule has 0 aliphatic carbocycles. The maximum atomic E-state index is 13.3. The van der Waals surface area contributed by atoms with E-state index in [0.29, 0.717) is 42.6 Å². The standard InChI is InChI=1S/C22H26N6O4/c29-22-16(10-14-11-18-19(12-17(14)23-22)32-9-8-31-18)20(27-5-1-2-6-27)21-24-25-26-28(21)13-15-4-3-7-30-15/h10-12,15,20H,1-9,13H2,(H,23,29)/t15-,20+/m1/s1. The Bertz CT molecular complexity index is 1180. The Morgan fingerprint density at radius 1 is 1.06 bits per heavy atom. The summed E-state index contributed by atoms with van der Waals surface area (Å²) in [5, 5.41) is 13.5. The van der Waals surface area contributed by atoms with E-state index in [9.17, 15) is 4.79 Å². The Morgan fingerprint density at radius 2 is 1.88 bits per heavy atom. The third-order valence-electron chi connectivity index (χ3n) is 6.54. The molecule has 2 saturated heterocycles. The fraction of sp³-hybridized carbons (Fsp3) is 0.545. The Hall–Kier alpha value is -2.98. The molecule has 10 heteroatoms. The minimum Gasteiger partial charge on any atom is -0.486 e. The molecule has 0 unspecified atom stereocenters. The maximum Gasteiger partial charge on any atom is 0.253 e. The van der Waals surface area contributed by atoms with Gasteiger partial charge in [0, 0.05) is 23.6 Å². The summed E-state index contributed by atoms with van der Waals surface area (Å²) in [6.07, 6.45) is 4.34. The van der Waals surface area contributed by atoms with Gasteiger partial charge in [-0.1, -0.05) is 0 Å². The lowest BCUT2D eigenvalue weighted by Crippen LogP contribution is -2.34. The predicted molar refractivity (Wildman–Crippen MR) is 115 cm³/mol. The average molecular weight is 438 g/mol. The Morgan fingerprint density at radius 3 is 2.66 bits per heavy atom. The van der Waals surface area contributed by atoms with E-state index in [1.54, 1.807) is 0 Å². The molecule has 2 aromatic heterocycles. The van der Waals surface area contributed by atoms with Crippen LogP contribution in [0.3, 0.4) is 0 Å². The van der Waals surface area contributed by atoms with Crippen LogP contribution in [0.2, 0.25) is 0 Å². The van der Waals surface area contributed by atoms with Gasteiger partial charge in [0.1, 0.15) is 19.3 Å². The second kappa shape index (κ2) is 8.18. The van der Waals surface area contributed by atoms with Crippen LogP contribution in [0, 0.1) is 0 Å². The number of likely N-dealkylation sites (tertiary alicyclic amines) is 1. The van der Waals surface area contributed by atoms with Crippen LogP contribution < -0.4 is 15.0 Å². The molecular weight excluding hydrogens is 412 g/mol. The predicted octanol–water partition coefficient (Wildman–Crippen LogP) is 1.65. The highest BCUT2D eigenvalue weighted by Gasteiger charge is 2.33. The first-order valence-electron chi connectivity index (χ1n) is 11.3. The van der Waals surface area contributed by atoms with Crippen LogP contribution in [-0.4, -0.2) is 69.1 Å². The van der Waals surface area contributed by atoms with Crippen LogP contribution in [0.4, 0.5) is 0 Å². The van der Waals surface area contributed by atoms with Crippen molar-refractivity contribution in [3.63, 3.8) is 0 Å². The van der Waals surface area contributed by atoms with Crippen LogP contribution in [0.1, 0.15) is 43.1 Å². The number of fused-ring (bicyclic) bond motifs is 2. The lowest BCUT2D eigenvalue weighted by molar-refractivity contribution is 0.0912. The van der Waals surface area contributed by atoms with Gasteiger partial charge >= 0.3 is 0 Å². The molecule has 5 heterocycles. The molecule has 0 radical (unpaired) electrons. The summed E-state index contributed by atoms with van der Waals surface area (Å²) in [4.78, 5) is 18.6. The summed E-state index contributed by atoms with van der Waals surface area (Å²) in [6.45, 7) is 4.19. The van der Waals surface area contributed by atoms with E-state index in [0.717, 1.165) is 56.3 Å². The number of tetrazole rings is 1. The maximum absolute atomic E-state index is 13.3. The molecule has 3 aromatic rings. The molecule has 6 rings (SSSR count). The van der Waals surface area contributed by atoms with E-state index in [1.165, 1.54) is 0 Å². The zero-order valence-electron chi connectivity index (χ0n) is 17.8. The van der Waals surface area contributed by atoms with Crippen molar-refractivity contribution in [1.82, 2.24) is 30.1 Å². The first kappa shape index (κ1) is 19.7. The average Bonchev–Trinajstić information content (AvgIpc) is 3.58. The summed E-state index contributed by atoms with van der Waals surface area (Å²) in [7, 11) is 0. The fourth-order valence-electron chi connectivity index (χ4n) is 4.98. The van der Waals surface area contributed by atoms with E-state index < -0.39 is 0 Å². The number of H-pyrrole nitrogens is 1. The number of pyridine rings is 1. The molecule has 3 aliphatic rings. The molecule has 0 amide bonds. The van der Waals surface area contributed by atoms with Gasteiger partial charge in [-0.3, -0.25) is 9.69 Å². The molecule has 2 fully saturated rings. The Labute approximate surface area is 184 Å². The zero-order valence-corrected chi connectivity index (χ0v) is 17.8. The molecule has 2 atom stereocenters. The van der Waals surface area contributed by atoms with Crippen molar-refractivity contribution < 1.29 is 14.2 Å². The van der Waals surface area contributed by atoms with Crippen LogP contribution >= 0.6 is 0 Å². The number of hydrogen-bond acceptors (Lipinski definition) is 8. The first-order chi connectivity index (χ1) is 15.8. The van der Waals surface area contributed by atoms with Gasteiger partial charge in [-0.15, -0.1) is 5.10 Å². The molecule has 1 aromatic carbocycles. The zero-order chi connectivity index (χ0) is 21.5. The monoisotopic (exact) mass is 438 g/mol. The smallest absolute Gasteiger partial charge is 0.253 e. The van der Waals surface area contributed by atoms with E-state index in [4.69, 9.17) is 14.2 Å². The quantitative estimate of drug-likeness (QED) is 0.641. The van der Waals surface area contributed by atoms with Gasteiger partial charge in [0.2, 0.25) is 0 Å². The highest BCUT2D eigenvalue weighted by molar-refractivity contribution is 5.83. The molecule has 1 N–H and O–H groups in total. The number of ether oxygens (including phenoxy) is 3. The normalized spacial score (nSPS) is 21.9. The van der Waals surface area contributed by atoms with Gasteiger partial charge in [-0.05, 0) is 61.3 Å². The highest BCUT2D eigenvalue weighted by atomic mass is 16.6. The highest BCUT2D eigenvalue weighted by Crippen LogP contribution is 2.35. The SMILES string of the molecule is O=c1[nH]c2cc3c(cc2cc1[C@@H](c1nnnn1C[C@H]1CCCO1)N1CCCC1)OCCO3. The molecule has 0 spiro atoms. The molecule has 0 bridgehead atoms. The van der Waals surface area contributed by atoms with Gasteiger partial charge in [-0.25, -0.2) is 4.68 Å². The molecule has 3 aliphatic heterocycles. The molecule has 168 valence electrons. The second-order valence-corrected chi connectivity index (χ2v) is 8.64. The largest absolute Gasteiger partial charge is 0.486 e. The van der Waals surface area contributed by atoms with Crippen LogP contribution in [0.25, 0.3) is 10.9 Å². The van der Waals surface area contributed by atoms with Crippen molar-refractivity contribution in [2.75, 3.05) is 32.9 Å². The molecule has 10 nitrogen and oxygen atoms in total. The third kappa shape index (κ3) is 3.53. The number of nitrogens with zero attached hydrogens (tertiary/aromatic N) is 5. The van der Waals surface area contributed by atoms with Crippen molar-refractivity contribution in [2.24, 2.45) is 0 Å². The van der Waals surface area contributed by atoms with Crippen LogP contribution in [0.15, 0.2) is 23.0 Å². The van der Waals surface area contributed by atoms with Crippen LogP contribution in [0.5, 0.6) is 11.5 Å². The third-order valence-corrected chi connectivity index (χ3v) is 6.54. The fourth-order valence-corrected chi connectivity index (χ4v) is 4.98.